The Hall–Kier alpha value is -3.32. The zero-order valence-electron chi connectivity index (χ0n) is 18.7. The number of carbonyl (C=O) groups is 1. The number of phenols is 1. The number of hydrogen-bond acceptors (Lipinski definition) is 6. The van der Waals surface area contributed by atoms with Crippen LogP contribution in [0.15, 0.2) is 59.2 Å². The Bertz CT molecular complexity index is 1090. The van der Waals surface area contributed by atoms with Crippen LogP contribution in [-0.2, 0) is 4.79 Å². The Morgan fingerprint density at radius 1 is 1.09 bits per heavy atom. The molecule has 0 unspecified atom stereocenters. The number of likely N-dealkylation sites (tertiary alicyclic amines) is 1. The number of furan rings is 1. The van der Waals surface area contributed by atoms with Gasteiger partial charge in [-0.2, -0.15) is 0 Å². The maximum Gasteiger partial charge on any atom is 0.242 e. The first kappa shape index (κ1) is 21.5. The Kier molecular flexibility index (Phi) is 6.30. The van der Waals surface area contributed by atoms with Gasteiger partial charge in [0.05, 0.1) is 12.0 Å². The first-order chi connectivity index (χ1) is 16.2. The van der Waals surface area contributed by atoms with Crippen molar-refractivity contribution in [3.8, 4) is 28.3 Å². The summed E-state index contributed by atoms with van der Waals surface area (Å²) in [4.78, 5) is 22.4. The second-order valence-corrected chi connectivity index (χ2v) is 8.78. The van der Waals surface area contributed by atoms with Crippen molar-refractivity contribution in [2.75, 3.05) is 37.6 Å². The van der Waals surface area contributed by atoms with E-state index < -0.39 is 0 Å². The molecule has 2 fully saturated rings. The molecular formula is C26H30N4O3. The topological polar surface area (TPSA) is 81.8 Å². The highest BCUT2D eigenvalue weighted by Gasteiger charge is 2.32. The highest BCUT2D eigenvalue weighted by Crippen LogP contribution is 2.35. The minimum absolute atomic E-state index is 0.0565. The molecule has 0 aliphatic carbocycles. The number of phenolic OH excluding ortho intramolecular Hbond substituents is 1. The van der Waals surface area contributed by atoms with Gasteiger partial charge in [-0.25, -0.2) is 4.98 Å². The van der Waals surface area contributed by atoms with Crippen LogP contribution in [0.2, 0.25) is 0 Å². The number of nitrogens with one attached hydrogen (secondary N) is 1. The fourth-order valence-corrected chi connectivity index (χ4v) is 4.85. The average molecular weight is 447 g/mol. The number of aromatic hydroxyl groups is 1. The van der Waals surface area contributed by atoms with Gasteiger partial charge in [-0.05, 0) is 75.2 Å². The highest BCUT2D eigenvalue weighted by atomic mass is 16.3. The predicted octanol–water partition coefficient (Wildman–Crippen LogP) is 3.90. The molecule has 0 radical (unpaired) electrons. The summed E-state index contributed by atoms with van der Waals surface area (Å²) in [5, 5.41) is 13.6. The van der Waals surface area contributed by atoms with Crippen molar-refractivity contribution in [2.24, 2.45) is 0 Å². The summed E-state index contributed by atoms with van der Waals surface area (Å²) in [6.45, 7) is 4.60. The summed E-state index contributed by atoms with van der Waals surface area (Å²) in [7, 11) is 0. The van der Waals surface area contributed by atoms with Gasteiger partial charge < -0.3 is 24.6 Å². The van der Waals surface area contributed by atoms with Crippen LogP contribution >= 0.6 is 0 Å². The average Bonchev–Trinajstić information content (AvgIpc) is 3.62. The number of pyridine rings is 1. The molecule has 2 saturated heterocycles. The van der Waals surface area contributed by atoms with E-state index in [0.29, 0.717) is 17.8 Å². The molecule has 5 rings (SSSR count). The molecule has 7 nitrogen and oxygen atoms in total. The zero-order valence-corrected chi connectivity index (χ0v) is 18.7. The van der Waals surface area contributed by atoms with Gasteiger partial charge in [0.2, 0.25) is 5.91 Å². The van der Waals surface area contributed by atoms with Gasteiger partial charge in [0, 0.05) is 30.8 Å². The molecule has 0 saturated carbocycles. The molecule has 7 heteroatoms. The second-order valence-electron chi connectivity index (χ2n) is 8.78. The Labute approximate surface area is 194 Å². The van der Waals surface area contributed by atoms with Gasteiger partial charge in [-0.3, -0.25) is 4.79 Å². The van der Waals surface area contributed by atoms with Crippen LogP contribution in [0.1, 0.15) is 25.7 Å². The normalized spacial score (nSPS) is 18.7. The van der Waals surface area contributed by atoms with E-state index in [-0.39, 0.29) is 17.7 Å². The molecule has 1 aromatic carbocycles. The number of rotatable bonds is 7. The fourth-order valence-electron chi connectivity index (χ4n) is 4.85. The maximum atomic E-state index is 13.1. The predicted molar refractivity (Wildman–Crippen MR) is 128 cm³/mol. The zero-order chi connectivity index (χ0) is 22.6. The Morgan fingerprint density at radius 2 is 1.94 bits per heavy atom. The van der Waals surface area contributed by atoms with Crippen LogP contribution in [0.4, 0.5) is 5.82 Å². The van der Waals surface area contributed by atoms with E-state index in [1.807, 2.05) is 36.4 Å². The van der Waals surface area contributed by atoms with Crippen LogP contribution in [0, 0.1) is 0 Å². The number of hydrogen-bond donors (Lipinski definition) is 2. The van der Waals surface area contributed by atoms with Crippen molar-refractivity contribution >= 4 is 11.7 Å². The maximum absolute atomic E-state index is 13.1. The van der Waals surface area contributed by atoms with Gasteiger partial charge in [0.25, 0.3) is 0 Å². The molecule has 172 valence electrons. The second kappa shape index (κ2) is 9.67. The summed E-state index contributed by atoms with van der Waals surface area (Å²) in [5.74, 6) is 1.67. The molecule has 1 amide bonds. The summed E-state index contributed by atoms with van der Waals surface area (Å²) in [5.41, 5.74) is 2.17. The minimum atomic E-state index is -0.250. The Morgan fingerprint density at radius 3 is 2.73 bits per heavy atom. The lowest BCUT2D eigenvalue weighted by Gasteiger charge is -2.26. The number of aromatic nitrogens is 1. The standard InChI is InChI=1S/C26H30N4O3/c31-23-9-2-1-7-20(23)21-17-19(24-10-6-16-33-24)18-25(28-21)30-14-5-8-22(30)26(32)27-11-15-29-12-3-4-13-29/h1-2,6-7,9-10,16-18,22,31H,3-5,8,11-15H2,(H,27,32)/t22-/m0/s1. The van der Waals surface area contributed by atoms with E-state index in [9.17, 15) is 9.90 Å². The lowest BCUT2D eigenvalue weighted by atomic mass is 10.1. The van der Waals surface area contributed by atoms with Gasteiger partial charge in [0.1, 0.15) is 23.4 Å². The van der Waals surface area contributed by atoms with Gasteiger partial charge in [-0.15, -0.1) is 0 Å². The summed E-state index contributed by atoms with van der Waals surface area (Å²) in [6, 6.07) is 14.6. The molecule has 3 aromatic rings. The Balaban J connectivity index is 1.40. The van der Waals surface area contributed by atoms with Crippen LogP contribution in [0.25, 0.3) is 22.6 Å². The monoisotopic (exact) mass is 446 g/mol. The van der Waals surface area contributed by atoms with Crippen molar-refractivity contribution in [3.63, 3.8) is 0 Å². The third-order valence-corrected chi connectivity index (χ3v) is 6.57. The number of benzene rings is 1. The molecule has 1 atom stereocenters. The smallest absolute Gasteiger partial charge is 0.242 e. The molecule has 0 spiro atoms. The SMILES string of the molecule is O=C(NCCN1CCCC1)[C@@H]1CCCN1c1cc(-c2ccco2)cc(-c2ccccc2O)n1. The van der Waals surface area contributed by atoms with E-state index in [0.717, 1.165) is 56.2 Å². The highest BCUT2D eigenvalue weighted by molar-refractivity contribution is 5.86. The van der Waals surface area contributed by atoms with E-state index in [4.69, 9.17) is 9.40 Å². The van der Waals surface area contributed by atoms with Crippen molar-refractivity contribution < 1.29 is 14.3 Å². The molecule has 2 N–H and O–H groups in total. The fraction of sp³-hybridized carbons (Fsp3) is 0.385. The number of amides is 1. The van der Waals surface area contributed by atoms with Crippen molar-refractivity contribution in [2.45, 2.75) is 31.7 Å². The summed E-state index contributed by atoms with van der Waals surface area (Å²) < 4.78 is 5.64. The molecular weight excluding hydrogens is 416 g/mol. The lowest BCUT2D eigenvalue weighted by Crippen LogP contribution is -2.45. The van der Waals surface area contributed by atoms with Gasteiger partial charge in [-0.1, -0.05) is 12.1 Å². The third kappa shape index (κ3) is 4.73. The third-order valence-electron chi connectivity index (χ3n) is 6.57. The first-order valence-corrected chi connectivity index (χ1v) is 11.8. The molecule has 33 heavy (non-hydrogen) atoms. The van der Waals surface area contributed by atoms with Crippen LogP contribution < -0.4 is 10.2 Å². The molecule has 2 aliphatic heterocycles. The largest absolute Gasteiger partial charge is 0.507 e. The van der Waals surface area contributed by atoms with E-state index >= 15 is 0 Å². The van der Waals surface area contributed by atoms with E-state index in [1.54, 1.807) is 18.4 Å². The van der Waals surface area contributed by atoms with Crippen molar-refractivity contribution in [3.05, 3.63) is 54.8 Å². The number of anilines is 1. The number of nitrogens with zero attached hydrogens (tertiary/aromatic N) is 3. The number of para-hydroxylation sites is 1. The van der Waals surface area contributed by atoms with Crippen LogP contribution in [0.5, 0.6) is 5.75 Å². The molecule has 2 aromatic heterocycles. The van der Waals surface area contributed by atoms with Crippen molar-refractivity contribution in [1.29, 1.82) is 0 Å². The summed E-state index contributed by atoms with van der Waals surface area (Å²) >= 11 is 0. The van der Waals surface area contributed by atoms with E-state index in [2.05, 4.69) is 15.1 Å². The van der Waals surface area contributed by atoms with Crippen LogP contribution in [-0.4, -0.2) is 59.7 Å². The van der Waals surface area contributed by atoms with Gasteiger partial charge in [0.15, 0.2) is 0 Å². The van der Waals surface area contributed by atoms with E-state index in [1.165, 1.54) is 12.8 Å². The summed E-state index contributed by atoms with van der Waals surface area (Å²) in [6.07, 6.45) is 5.88. The molecule has 2 aliphatic rings. The first-order valence-electron chi connectivity index (χ1n) is 11.8. The van der Waals surface area contributed by atoms with Crippen molar-refractivity contribution in [1.82, 2.24) is 15.2 Å². The minimum Gasteiger partial charge on any atom is -0.507 e. The quantitative estimate of drug-likeness (QED) is 0.573. The number of carbonyl (C=O) groups excluding carboxylic acids is 1. The van der Waals surface area contributed by atoms with Gasteiger partial charge >= 0.3 is 0 Å². The lowest BCUT2D eigenvalue weighted by molar-refractivity contribution is -0.122. The van der Waals surface area contributed by atoms with Crippen LogP contribution in [0.3, 0.4) is 0 Å². The molecule has 4 heterocycles. The molecule has 0 bridgehead atoms.